The Hall–Kier alpha value is -0.670. The van der Waals surface area contributed by atoms with Gasteiger partial charge >= 0.3 is 0 Å². The van der Waals surface area contributed by atoms with Crippen molar-refractivity contribution in [2.75, 3.05) is 12.4 Å². The van der Waals surface area contributed by atoms with Crippen molar-refractivity contribution >= 4 is 11.6 Å². The molecule has 0 radical (unpaired) electrons. The predicted octanol–water partition coefficient (Wildman–Crippen LogP) is 4.17. The minimum atomic E-state index is -2.87. The van der Waals surface area contributed by atoms with E-state index in [-0.39, 0.29) is 12.1 Å². The van der Waals surface area contributed by atoms with E-state index < -0.39 is 11.5 Å². The van der Waals surface area contributed by atoms with Crippen molar-refractivity contribution in [3.63, 3.8) is 0 Å². The fourth-order valence-corrected chi connectivity index (χ4v) is 2.29. The standard InChI is InChI=1S/C14H20ClF2N/c1-3-13(4-2,10-15)18-11-14(16,17)12-8-6-5-7-9-12/h5-9,18H,3-4,10-11H2,1-2H3. The highest BCUT2D eigenvalue weighted by molar-refractivity contribution is 6.18. The zero-order chi connectivity index (χ0) is 13.6. The van der Waals surface area contributed by atoms with Crippen LogP contribution in [0.1, 0.15) is 32.3 Å². The molecular formula is C14H20ClF2N. The van der Waals surface area contributed by atoms with Gasteiger partial charge in [-0.3, -0.25) is 0 Å². The van der Waals surface area contributed by atoms with Gasteiger partial charge in [0, 0.05) is 17.0 Å². The van der Waals surface area contributed by atoms with Crippen LogP contribution in [-0.4, -0.2) is 18.0 Å². The Labute approximate surface area is 113 Å². The summed E-state index contributed by atoms with van der Waals surface area (Å²) in [6.07, 6.45) is 1.47. The van der Waals surface area contributed by atoms with Gasteiger partial charge in [-0.05, 0) is 12.8 Å². The maximum Gasteiger partial charge on any atom is 0.285 e. The lowest BCUT2D eigenvalue weighted by Gasteiger charge is -2.32. The SMILES string of the molecule is CCC(CC)(CCl)NCC(F)(F)c1ccccc1. The molecular weight excluding hydrogens is 256 g/mol. The molecule has 0 heterocycles. The third-order valence-electron chi connectivity index (χ3n) is 3.49. The highest BCUT2D eigenvalue weighted by atomic mass is 35.5. The second-order valence-electron chi connectivity index (χ2n) is 4.55. The molecule has 1 nitrogen and oxygen atoms in total. The fraction of sp³-hybridized carbons (Fsp3) is 0.571. The van der Waals surface area contributed by atoms with Crippen molar-refractivity contribution in [1.82, 2.24) is 5.32 Å². The molecule has 0 unspecified atom stereocenters. The first-order valence-corrected chi connectivity index (χ1v) is 6.77. The van der Waals surface area contributed by atoms with Crippen molar-refractivity contribution < 1.29 is 8.78 Å². The topological polar surface area (TPSA) is 12.0 Å². The third kappa shape index (κ3) is 3.66. The molecule has 1 rings (SSSR count). The fourth-order valence-electron chi connectivity index (χ4n) is 1.82. The van der Waals surface area contributed by atoms with Crippen molar-refractivity contribution in [3.8, 4) is 0 Å². The van der Waals surface area contributed by atoms with Gasteiger partial charge in [0.15, 0.2) is 0 Å². The van der Waals surface area contributed by atoms with Gasteiger partial charge in [-0.1, -0.05) is 44.2 Å². The van der Waals surface area contributed by atoms with E-state index in [9.17, 15) is 8.78 Å². The number of benzene rings is 1. The molecule has 0 amide bonds. The van der Waals surface area contributed by atoms with E-state index in [0.717, 1.165) is 12.8 Å². The van der Waals surface area contributed by atoms with Crippen molar-refractivity contribution in [3.05, 3.63) is 35.9 Å². The summed E-state index contributed by atoms with van der Waals surface area (Å²) >= 11 is 5.89. The molecule has 0 bridgehead atoms. The first-order valence-electron chi connectivity index (χ1n) is 6.24. The molecule has 0 aliphatic carbocycles. The van der Waals surface area contributed by atoms with Crippen molar-refractivity contribution in [1.29, 1.82) is 0 Å². The molecule has 0 aromatic heterocycles. The smallest absolute Gasteiger partial charge is 0.285 e. The van der Waals surface area contributed by atoms with Crippen LogP contribution in [0.2, 0.25) is 0 Å². The normalized spacial score (nSPS) is 12.7. The quantitative estimate of drug-likeness (QED) is 0.737. The van der Waals surface area contributed by atoms with Crippen molar-refractivity contribution in [2.45, 2.75) is 38.2 Å². The average Bonchev–Trinajstić information content (AvgIpc) is 2.42. The van der Waals surface area contributed by atoms with Gasteiger partial charge < -0.3 is 5.32 Å². The molecule has 0 aliphatic rings. The van der Waals surface area contributed by atoms with Gasteiger partial charge in [0.05, 0.1) is 6.54 Å². The Balaban J connectivity index is 2.72. The van der Waals surface area contributed by atoms with Gasteiger partial charge in [0.25, 0.3) is 5.92 Å². The molecule has 0 saturated heterocycles. The summed E-state index contributed by atoms with van der Waals surface area (Å²) in [6.45, 7) is 3.53. The van der Waals surface area contributed by atoms with Crippen LogP contribution in [0, 0.1) is 0 Å². The van der Waals surface area contributed by atoms with Crippen molar-refractivity contribution in [2.24, 2.45) is 0 Å². The molecule has 18 heavy (non-hydrogen) atoms. The average molecular weight is 276 g/mol. The summed E-state index contributed by atoms with van der Waals surface area (Å²) in [7, 11) is 0. The number of nitrogens with one attached hydrogen (secondary N) is 1. The molecule has 0 spiro atoms. The summed E-state index contributed by atoms with van der Waals surface area (Å²) < 4.78 is 28.0. The van der Waals surface area contributed by atoms with Gasteiger partial charge in [-0.15, -0.1) is 11.6 Å². The summed E-state index contributed by atoms with van der Waals surface area (Å²) in [4.78, 5) is 0. The van der Waals surface area contributed by atoms with E-state index in [0.29, 0.717) is 5.88 Å². The van der Waals surface area contributed by atoms with Gasteiger partial charge in [0.2, 0.25) is 0 Å². The molecule has 1 aromatic rings. The summed E-state index contributed by atoms with van der Waals surface area (Å²) in [6, 6.07) is 7.87. The number of hydrogen-bond acceptors (Lipinski definition) is 1. The molecule has 0 fully saturated rings. The Morgan fingerprint density at radius 1 is 1.11 bits per heavy atom. The van der Waals surface area contributed by atoms with E-state index in [2.05, 4.69) is 5.32 Å². The summed E-state index contributed by atoms with van der Waals surface area (Å²) in [5, 5.41) is 2.94. The Morgan fingerprint density at radius 2 is 1.67 bits per heavy atom. The van der Waals surface area contributed by atoms with E-state index in [1.165, 1.54) is 12.1 Å². The molecule has 4 heteroatoms. The Kier molecular flexibility index (Phi) is 5.54. The number of alkyl halides is 3. The number of halogens is 3. The highest BCUT2D eigenvalue weighted by Crippen LogP contribution is 2.28. The second-order valence-corrected chi connectivity index (χ2v) is 4.81. The lowest BCUT2D eigenvalue weighted by atomic mass is 9.94. The van der Waals surface area contributed by atoms with Crippen LogP contribution in [0.4, 0.5) is 8.78 Å². The summed E-state index contributed by atoms with van der Waals surface area (Å²) in [5.41, 5.74) is -0.368. The summed E-state index contributed by atoms with van der Waals surface area (Å²) in [5.74, 6) is -2.53. The minimum absolute atomic E-state index is 0.0354. The largest absolute Gasteiger partial charge is 0.304 e. The maximum absolute atomic E-state index is 14.0. The molecule has 1 N–H and O–H groups in total. The van der Waals surface area contributed by atoms with E-state index in [1.54, 1.807) is 18.2 Å². The maximum atomic E-state index is 14.0. The Morgan fingerprint density at radius 3 is 2.11 bits per heavy atom. The van der Waals surface area contributed by atoms with Crippen LogP contribution in [0.3, 0.4) is 0 Å². The van der Waals surface area contributed by atoms with E-state index in [1.807, 2.05) is 13.8 Å². The lowest BCUT2D eigenvalue weighted by Crippen LogP contribution is -2.49. The van der Waals surface area contributed by atoms with Crippen LogP contribution in [0.5, 0.6) is 0 Å². The monoisotopic (exact) mass is 275 g/mol. The second kappa shape index (κ2) is 6.48. The van der Waals surface area contributed by atoms with E-state index in [4.69, 9.17) is 11.6 Å². The zero-order valence-corrected chi connectivity index (χ0v) is 11.6. The first-order chi connectivity index (χ1) is 8.49. The molecule has 0 saturated carbocycles. The van der Waals surface area contributed by atoms with Crippen LogP contribution in [0.25, 0.3) is 0 Å². The first kappa shape index (κ1) is 15.4. The highest BCUT2D eigenvalue weighted by Gasteiger charge is 2.35. The molecule has 102 valence electrons. The zero-order valence-electron chi connectivity index (χ0n) is 10.8. The van der Waals surface area contributed by atoms with Crippen LogP contribution in [-0.2, 0) is 5.92 Å². The Bertz CT molecular complexity index is 342. The van der Waals surface area contributed by atoms with Gasteiger partial charge in [-0.2, -0.15) is 8.78 Å². The molecule has 1 aromatic carbocycles. The number of hydrogen-bond donors (Lipinski definition) is 1. The number of rotatable bonds is 7. The third-order valence-corrected chi connectivity index (χ3v) is 4.00. The van der Waals surface area contributed by atoms with Crippen LogP contribution >= 0.6 is 11.6 Å². The van der Waals surface area contributed by atoms with E-state index >= 15 is 0 Å². The predicted molar refractivity (Wildman–Crippen MR) is 72.4 cm³/mol. The minimum Gasteiger partial charge on any atom is -0.304 e. The molecule has 0 atom stereocenters. The lowest BCUT2D eigenvalue weighted by molar-refractivity contribution is -0.0106. The van der Waals surface area contributed by atoms with Crippen LogP contribution in [0.15, 0.2) is 30.3 Å². The molecule has 0 aliphatic heterocycles. The van der Waals surface area contributed by atoms with Gasteiger partial charge in [0.1, 0.15) is 0 Å². The van der Waals surface area contributed by atoms with Gasteiger partial charge in [-0.25, -0.2) is 0 Å². The van der Waals surface area contributed by atoms with Crippen LogP contribution < -0.4 is 5.32 Å².